The maximum Gasteiger partial charge on any atom is 0.304 e. The number of furan rings is 1. The zero-order chi connectivity index (χ0) is 15.7. The summed E-state index contributed by atoms with van der Waals surface area (Å²) in [5.41, 5.74) is 0.866. The minimum atomic E-state index is -1.73. The quantitative estimate of drug-likeness (QED) is 0.836. The number of hydrogen-bond donors (Lipinski definition) is 1. The van der Waals surface area contributed by atoms with Gasteiger partial charge in [0.15, 0.2) is 0 Å². The lowest BCUT2D eigenvalue weighted by Gasteiger charge is -2.22. The van der Waals surface area contributed by atoms with E-state index in [9.17, 15) is 0 Å². The molecule has 0 fully saturated rings. The molecule has 0 saturated heterocycles. The van der Waals surface area contributed by atoms with Gasteiger partial charge in [-0.3, -0.25) is 0 Å². The van der Waals surface area contributed by atoms with Crippen LogP contribution in [0.1, 0.15) is 0 Å². The molecular weight excluding hydrogens is 298 g/mol. The van der Waals surface area contributed by atoms with Crippen molar-refractivity contribution in [3.8, 4) is 17.3 Å². The van der Waals surface area contributed by atoms with Crippen LogP contribution < -0.4 is 9.41 Å². The third-order valence-electron chi connectivity index (χ3n) is 2.44. The summed E-state index contributed by atoms with van der Waals surface area (Å²) in [6, 6.07) is 4.21. The van der Waals surface area contributed by atoms with Gasteiger partial charge in [0, 0.05) is 6.20 Å². The molecular formula is C14H23N3O2Si2. The maximum atomic E-state index is 5.89. The SMILES string of the molecule is C[Si](C)(C)Nc1nc(O[Si](C)(C)C)ncc1-c1ccco1. The van der Waals surface area contributed by atoms with Crippen molar-refractivity contribution in [3.05, 3.63) is 24.6 Å². The van der Waals surface area contributed by atoms with Crippen LogP contribution in [0.2, 0.25) is 39.3 Å². The molecule has 2 rings (SSSR count). The standard InChI is InChI=1S/C14H23N3O2Si2/c1-20(2,3)17-13-11(12-8-7-9-18-12)10-15-14(16-13)19-21(4,5)6/h7-10H,1-6H3,(H,15,16,17). The van der Waals surface area contributed by atoms with Crippen molar-refractivity contribution in [2.45, 2.75) is 39.3 Å². The molecule has 21 heavy (non-hydrogen) atoms. The van der Waals surface area contributed by atoms with E-state index >= 15 is 0 Å². The second-order valence-corrected chi connectivity index (χ2v) is 16.2. The van der Waals surface area contributed by atoms with E-state index < -0.39 is 16.6 Å². The first-order valence-corrected chi connectivity index (χ1v) is 13.9. The fraction of sp³-hybridized carbons (Fsp3) is 0.429. The molecule has 0 saturated carbocycles. The largest absolute Gasteiger partial charge is 0.518 e. The van der Waals surface area contributed by atoms with Gasteiger partial charge in [-0.25, -0.2) is 4.98 Å². The monoisotopic (exact) mass is 321 g/mol. The number of anilines is 1. The Labute approximate surface area is 128 Å². The van der Waals surface area contributed by atoms with E-state index in [1.165, 1.54) is 0 Å². The number of nitrogens with one attached hydrogen (secondary N) is 1. The minimum Gasteiger partial charge on any atom is -0.518 e. The van der Waals surface area contributed by atoms with Crippen LogP contribution in [0.25, 0.3) is 11.3 Å². The third kappa shape index (κ3) is 4.71. The van der Waals surface area contributed by atoms with Crippen LogP contribution in [0, 0.1) is 0 Å². The zero-order valence-corrected chi connectivity index (χ0v) is 15.5. The van der Waals surface area contributed by atoms with Gasteiger partial charge < -0.3 is 13.8 Å². The Bertz CT molecular complexity index is 602. The predicted octanol–water partition coefficient (Wildman–Crippen LogP) is 4.20. The van der Waals surface area contributed by atoms with Crippen molar-refractivity contribution in [1.82, 2.24) is 9.97 Å². The smallest absolute Gasteiger partial charge is 0.304 e. The summed E-state index contributed by atoms with van der Waals surface area (Å²) in [5.74, 6) is 1.54. The summed E-state index contributed by atoms with van der Waals surface area (Å²) in [7, 11) is -3.28. The van der Waals surface area contributed by atoms with Crippen LogP contribution in [0.4, 0.5) is 5.82 Å². The lowest BCUT2D eigenvalue weighted by Crippen LogP contribution is -2.34. The Kier molecular flexibility index (Phi) is 4.24. The van der Waals surface area contributed by atoms with Gasteiger partial charge in [0.1, 0.15) is 19.8 Å². The normalized spacial score (nSPS) is 12.3. The van der Waals surface area contributed by atoms with Crippen molar-refractivity contribution in [3.63, 3.8) is 0 Å². The van der Waals surface area contributed by atoms with Gasteiger partial charge in [0.25, 0.3) is 0 Å². The molecule has 5 nitrogen and oxygen atoms in total. The third-order valence-corrected chi connectivity index (χ3v) is 4.23. The molecule has 1 N–H and O–H groups in total. The average Bonchev–Trinajstić information content (AvgIpc) is 2.78. The summed E-state index contributed by atoms with van der Waals surface area (Å²) in [6.45, 7) is 13.0. The lowest BCUT2D eigenvalue weighted by molar-refractivity contribution is 0.510. The van der Waals surface area contributed by atoms with Crippen LogP contribution in [-0.2, 0) is 0 Å². The molecule has 2 aromatic heterocycles. The van der Waals surface area contributed by atoms with E-state index in [1.54, 1.807) is 12.5 Å². The first-order chi connectivity index (χ1) is 9.64. The fourth-order valence-electron chi connectivity index (χ4n) is 1.75. The highest BCUT2D eigenvalue weighted by Crippen LogP contribution is 2.29. The molecule has 0 aliphatic heterocycles. The topological polar surface area (TPSA) is 60.2 Å². The molecule has 0 spiro atoms. The molecule has 2 heterocycles. The first kappa shape index (κ1) is 15.8. The molecule has 0 aliphatic rings. The summed E-state index contributed by atoms with van der Waals surface area (Å²) in [5, 5.41) is 0. The molecule has 7 heteroatoms. The molecule has 0 atom stereocenters. The highest BCUT2D eigenvalue weighted by atomic mass is 28.4. The van der Waals surface area contributed by atoms with Crippen LogP contribution in [-0.4, -0.2) is 26.5 Å². The highest BCUT2D eigenvalue weighted by Gasteiger charge is 2.22. The van der Waals surface area contributed by atoms with Crippen LogP contribution in [0.15, 0.2) is 29.0 Å². The first-order valence-electron chi connectivity index (χ1n) is 7.02. The minimum absolute atomic E-state index is 0.435. The molecule has 114 valence electrons. The van der Waals surface area contributed by atoms with Crippen molar-refractivity contribution in [2.75, 3.05) is 4.98 Å². The highest BCUT2D eigenvalue weighted by molar-refractivity contribution is 6.79. The number of hydrogen-bond acceptors (Lipinski definition) is 5. The zero-order valence-electron chi connectivity index (χ0n) is 13.5. The Morgan fingerprint density at radius 1 is 1.14 bits per heavy atom. The second-order valence-electron chi connectivity index (χ2n) is 6.98. The van der Waals surface area contributed by atoms with Crippen molar-refractivity contribution in [1.29, 1.82) is 0 Å². The number of rotatable bonds is 5. The maximum absolute atomic E-state index is 5.89. The Balaban J connectivity index is 2.41. The summed E-state index contributed by atoms with van der Waals surface area (Å²) < 4.78 is 11.4. The van der Waals surface area contributed by atoms with E-state index in [0.717, 1.165) is 17.1 Å². The van der Waals surface area contributed by atoms with Gasteiger partial charge in [0.2, 0.25) is 8.32 Å². The lowest BCUT2D eigenvalue weighted by atomic mass is 10.2. The van der Waals surface area contributed by atoms with Crippen LogP contribution in [0.5, 0.6) is 6.01 Å². The molecule has 2 aromatic rings. The predicted molar refractivity (Wildman–Crippen MR) is 90.7 cm³/mol. The summed E-state index contributed by atoms with van der Waals surface area (Å²) in [4.78, 5) is 12.4. The van der Waals surface area contributed by atoms with Gasteiger partial charge in [-0.15, -0.1) is 0 Å². The second kappa shape index (κ2) is 5.65. The summed E-state index contributed by atoms with van der Waals surface area (Å²) >= 11 is 0. The number of aromatic nitrogens is 2. The fourth-order valence-corrected chi connectivity index (χ4v) is 3.30. The van der Waals surface area contributed by atoms with Crippen LogP contribution >= 0.6 is 0 Å². The van der Waals surface area contributed by atoms with Gasteiger partial charge in [0.05, 0.1) is 11.8 Å². The molecule has 0 radical (unpaired) electrons. The molecule has 0 amide bonds. The van der Waals surface area contributed by atoms with Gasteiger partial charge in [-0.05, 0) is 31.8 Å². The van der Waals surface area contributed by atoms with E-state index in [4.69, 9.17) is 8.84 Å². The number of nitrogens with zero attached hydrogens (tertiary/aromatic N) is 2. The van der Waals surface area contributed by atoms with Crippen molar-refractivity contribution >= 4 is 22.4 Å². The molecule has 0 aromatic carbocycles. The van der Waals surface area contributed by atoms with E-state index in [1.807, 2.05) is 12.1 Å². The van der Waals surface area contributed by atoms with Crippen molar-refractivity contribution in [2.24, 2.45) is 0 Å². The van der Waals surface area contributed by atoms with E-state index in [-0.39, 0.29) is 0 Å². The summed E-state index contributed by atoms with van der Waals surface area (Å²) in [6.07, 6.45) is 3.42. The van der Waals surface area contributed by atoms with Gasteiger partial charge in [-0.1, -0.05) is 19.6 Å². The average molecular weight is 322 g/mol. The van der Waals surface area contributed by atoms with E-state index in [0.29, 0.717) is 6.01 Å². The Hall–Kier alpha value is -1.61. The van der Waals surface area contributed by atoms with E-state index in [2.05, 4.69) is 54.2 Å². The van der Waals surface area contributed by atoms with Gasteiger partial charge in [-0.2, -0.15) is 4.98 Å². The Morgan fingerprint density at radius 2 is 1.86 bits per heavy atom. The molecule has 0 bridgehead atoms. The van der Waals surface area contributed by atoms with Crippen LogP contribution in [0.3, 0.4) is 0 Å². The molecule has 0 aliphatic carbocycles. The Morgan fingerprint density at radius 3 is 2.38 bits per heavy atom. The van der Waals surface area contributed by atoms with Gasteiger partial charge >= 0.3 is 6.01 Å². The van der Waals surface area contributed by atoms with Crippen molar-refractivity contribution < 1.29 is 8.84 Å². The molecule has 0 unspecified atom stereocenters.